The van der Waals surface area contributed by atoms with Gasteiger partial charge in [-0.25, -0.2) is 4.99 Å². The van der Waals surface area contributed by atoms with Crippen LogP contribution >= 0.6 is 39.3 Å². The number of amidine groups is 1. The first-order chi connectivity index (χ1) is 13.0. The zero-order valence-corrected chi connectivity index (χ0v) is 17.6. The molecule has 0 aromatic heterocycles. The van der Waals surface area contributed by atoms with E-state index in [-0.39, 0.29) is 5.91 Å². The smallest absolute Gasteiger partial charge is 0.264 e. The normalized spacial score (nSPS) is 16.6. The van der Waals surface area contributed by atoms with E-state index in [2.05, 4.69) is 32.8 Å². The summed E-state index contributed by atoms with van der Waals surface area (Å²) >= 11 is 10.8. The number of halogens is 2. The average molecular weight is 464 g/mol. The summed E-state index contributed by atoms with van der Waals surface area (Å²) < 4.78 is 6.35. The van der Waals surface area contributed by atoms with Gasteiger partial charge in [0.25, 0.3) is 5.91 Å². The highest BCUT2D eigenvalue weighted by atomic mass is 79.9. The standard InChI is InChI=1S/C20H16BrClN2O2S/c1-3-8-26-17-7-5-13(9-15(17)21)10-18-19(25)24-20(27-18)23-16-11-14(22)6-4-12(16)2/h3-7,9-11H,1,8H2,2H3,(H,23,24,25)/b18-10-. The molecular formula is C20H16BrClN2O2S. The summed E-state index contributed by atoms with van der Waals surface area (Å²) in [5, 5.41) is 3.92. The minimum Gasteiger partial charge on any atom is -0.488 e. The predicted molar refractivity (Wildman–Crippen MR) is 117 cm³/mol. The van der Waals surface area contributed by atoms with Crippen LogP contribution in [0.1, 0.15) is 11.1 Å². The molecule has 3 rings (SSSR count). The lowest BCUT2D eigenvalue weighted by molar-refractivity contribution is -0.115. The minimum absolute atomic E-state index is 0.179. The van der Waals surface area contributed by atoms with Crippen molar-refractivity contribution in [3.63, 3.8) is 0 Å². The van der Waals surface area contributed by atoms with E-state index in [0.717, 1.165) is 27.0 Å². The molecule has 4 nitrogen and oxygen atoms in total. The molecule has 1 amide bonds. The van der Waals surface area contributed by atoms with Crippen molar-refractivity contribution in [1.82, 2.24) is 5.32 Å². The molecule has 1 fully saturated rings. The van der Waals surface area contributed by atoms with Crippen LogP contribution in [-0.2, 0) is 4.79 Å². The summed E-state index contributed by atoms with van der Waals surface area (Å²) in [5.41, 5.74) is 2.60. The van der Waals surface area contributed by atoms with Crippen LogP contribution in [0, 0.1) is 6.92 Å². The van der Waals surface area contributed by atoms with Gasteiger partial charge in [-0.3, -0.25) is 4.79 Å². The maximum absolute atomic E-state index is 12.3. The van der Waals surface area contributed by atoms with E-state index in [1.165, 1.54) is 11.8 Å². The van der Waals surface area contributed by atoms with Crippen molar-refractivity contribution >= 4 is 62.1 Å². The van der Waals surface area contributed by atoms with E-state index in [4.69, 9.17) is 16.3 Å². The number of nitrogens with zero attached hydrogens (tertiary/aromatic N) is 1. The number of rotatable bonds is 5. The summed E-state index contributed by atoms with van der Waals surface area (Å²) in [7, 11) is 0. The SMILES string of the molecule is C=CCOc1ccc(/C=C2\SC(=Nc3cc(Cl)ccc3C)NC2=O)cc1Br. The van der Waals surface area contributed by atoms with Gasteiger partial charge in [0.1, 0.15) is 12.4 Å². The summed E-state index contributed by atoms with van der Waals surface area (Å²) in [5.74, 6) is 0.542. The van der Waals surface area contributed by atoms with Crippen LogP contribution in [0.4, 0.5) is 5.69 Å². The third kappa shape index (κ3) is 5.03. The molecule has 1 aliphatic rings. The van der Waals surface area contributed by atoms with Gasteiger partial charge in [0.15, 0.2) is 5.17 Å². The minimum atomic E-state index is -0.179. The number of carbonyl (C=O) groups excluding carboxylic acids is 1. The third-order valence-electron chi connectivity index (χ3n) is 3.65. The lowest BCUT2D eigenvalue weighted by Gasteiger charge is -2.06. The molecule has 2 aromatic carbocycles. The van der Waals surface area contributed by atoms with E-state index in [1.54, 1.807) is 12.1 Å². The number of nitrogens with one attached hydrogen (secondary N) is 1. The molecule has 0 bridgehead atoms. The number of benzene rings is 2. The Morgan fingerprint density at radius 3 is 2.89 bits per heavy atom. The zero-order valence-electron chi connectivity index (χ0n) is 14.5. The van der Waals surface area contributed by atoms with Crippen molar-refractivity contribution in [2.45, 2.75) is 6.92 Å². The summed E-state index contributed by atoms with van der Waals surface area (Å²) in [6, 6.07) is 11.1. The summed E-state index contributed by atoms with van der Waals surface area (Å²) in [6.07, 6.45) is 3.50. The largest absolute Gasteiger partial charge is 0.488 e. The molecule has 1 N–H and O–H groups in total. The first kappa shape index (κ1) is 19.7. The van der Waals surface area contributed by atoms with Crippen molar-refractivity contribution in [3.05, 3.63) is 74.6 Å². The van der Waals surface area contributed by atoms with Gasteiger partial charge >= 0.3 is 0 Å². The molecule has 1 heterocycles. The van der Waals surface area contributed by atoms with Crippen molar-refractivity contribution in [2.24, 2.45) is 4.99 Å². The molecule has 138 valence electrons. The molecule has 0 unspecified atom stereocenters. The molecule has 1 saturated heterocycles. The van der Waals surface area contributed by atoms with Crippen LogP contribution in [-0.4, -0.2) is 17.7 Å². The fourth-order valence-electron chi connectivity index (χ4n) is 2.32. The molecule has 0 saturated carbocycles. The lowest BCUT2D eigenvalue weighted by atomic mass is 10.2. The van der Waals surface area contributed by atoms with E-state index in [9.17, 15) is 4.79 Å². The van der Waals surface area contributed by atoms with Gasteiger partial charge in [0.2, 0.25) is 0 Å². The second kappa shape index (κ2) is 8.78. The fraction of sp³-hybridized carbons (Fsp3) is 0.100. The lowest BCUT2D eigenvalue weighted by Crippen LogP contribution is -2.19. The van der Waals surface area contributed by atoms with E-state index >= 15 is 0 Å². The maximum Gasteiger partial charge on any atom is 0.264 e. The highest BCUT2D eigenvalue weighted by Crippen LogP contribution is 2.32. The van der Waals surface area contributed by atoms with Crippen molar-refractivity contribution < 1.29 is 9.53 Å². The van der Waals surface area contributed by atoms with Gasteiger partial charge in [-0.05, 0) is 76.1 Å². The molecule has 0 atom stereocenters. The number of hydrogen-bond donors (Lipinski definition) is 1. The second-order valence-electron chi connectivity index (χ2n) is 5.70. The van der Waals surface area contributed by atoms with Crippen LogP contribution < -0.4 is 10.1 Å². The fourth-order valence-corrected chi connectivity index (χ4v) is 3.83. The van der Waals surface area contributed by atoms with Crippen molar-refractivity contribution in [3.8, 4) is 5.75 Å². The van der Waals surface area contributed by atoms with Crippen molar-refractivity contribution in [2.75, 3.05) is 6.61 Å². The Bertz CT molecular complexity index is 972. The number of aliphatic imine (C=N–C) groups is 1. The number of aryl methyl sites for hydroxylation is 1. The Morgan fingerprint density at radius 2 is 2.15 bits per heavy atom. The molecule has 2 aromatic rings. The molecule has 7 heteroatoms. The highest BCUT2D eigenvalue weighted by molar-refractivity contribution is 9.10. The van der Waals surface area contributed by atoms with Gasteiger partial charge in [-0.15, -0.1) is 0 Å². The second-order valence-corrected chi connectivity index (χ2v) is 8.02. The van der Waals surface area contributed by atoms with Gasteiger partial charge in [-0.2, -0.15) is 0 Å². The molecule has 0 aliphatic carbocycles. The monoisotopic (exact) mass is 462 g/mol. The van der Waals surface area contributed by atoms with E-state index in [0.29, 0.717) is 21.7 Å². The van der Waals surface area contributed by atoms with Crippen molar-refractivity contribution in [1.29, 1.82) is 0 Å². The highest BCUT2D eigenvalue weighted by Gasteiger charge is 2.24. The average Bonchev–Trinajstić information content (AvgIpc) is 2.96. The number of ether oxygens (including phenoxy) is 1. The van der Waals surface area contributed by atoms with Gasteiger partial charge in [0.05, 0.1) is 15.1 Å². The first-order valence-electron chi connectivity index (χ1n) is 8.05. The number of hydrogen-bond acceptors (Lipinski definition) is 4. The molecular weight excluding hydrogens is 448 g/mol. The molecule has 0 radical (unpaired) electrons. The Hall–Kier alpha value is -2.02. The Balaban J connectivity index is 1.81. The third-order valence-corrected chi connectivity index (χ3v) is 5.42. The number of thioether (sulfide) groups is 1. The molecule has 27 heavy (non-hydrogen) atoms. The van der Waals surface area contributed by atoms with Crippen LogP contribution in [0.2, 0.25) is 5.02 Å². The van der Waals surface area contributed by atoms with Gasteiger partial charge in [0, 0.05) is 5.02 Å². The number of carbonyl (C=O) groups is 1. The quantitative estimate of drug-likeness (QED) is 0.446. The summed E-state index contributed by atoms with van der Waals surface area (Å²) in [6.45, 7) is 6.01. The topological polar surface area (TPSA) is 50.7 Å². The van der Waals surface area contributed by atoms with Crippen LogP contribution in [0.15, 0.2) is 63.4 Å². The number of amides is 1. The zero-order chi connectivity index (χ0) is 19.4. The van der Waals surface area contributed by atoms with Crippen LogP contribution in [0.25, 0.3) is 6.08 Å². The molecule has 0 spiro atoms. The Labute approximate surface area is 175 Å². The molecule has 1 aliphatic heterocycles. The van der Waals surface area contributed by atoms with Gasteiger partial charge in [-0.1, -0.05) is 36.4 Å². The maximum atomic E-state index is 12.3. The van der Waals surface area contributed by atoms with E-state index < -0.39 is 0 Å². The van der Waals surface area contributed by atoms with Crippen LogP contribution in [0.5, 0.6) is 5.75 Å². The summed E-state index contributed by atoms with van der Waals surface area (Å²) in [4.78, 5) is 17.3. The van der Waals surface area contributed by atoms with Crippen LogP contribution in [0.3, 0.4) is 0 Å². The van der Waals surface area contributed by atoms with Gasteiger partial charge < -0.3 is 10.1 Å². The van der Waals surface area contributed by atoms with E-state index in [1.807, 2.05) is 43.3 Å². The first-order valence-corrected chi connectivity index (χ1v) is 10.0. The Morgan fingerprint density at radius 1 is 1.33 bits per heavy atom. The predicted octanol–water partition coefficient (Wildman–Crippen LogP) is 5.87. The Kier molecular flexibility index (Phi) is 6.42.